The van der Waals surface area contributed by atoms with E-state index in [-0.39, 0.29) is 11.5 Å². The lowest BCUT2D eigenvalue weighted by Crippen LogP contribution is -1.91. The molecule has 0 aromatic heterocycles. The number of phenols is 2. The predicted octanol–water partition coefficient (Wildman–Crippen LogP) is 7.30. The third kappa shape index (κ3) is 10.9. The summed E-state index contributed by atoms with van der Waals surface area (Å²) in [4.78, 5) is 0. The van der Waals surface area contributed by atoms with Crippen LogP contribution in [0.2, 0.25) is 0 Å². The maximum atomic E-state index is 10.1. The van der Waals surface area contributed by atoms with Gasteiger partial charge in [-0.2, -0.15) is 0 Å². The van der Waals surface area contributed by atoms with E-state index in [4.69, 9.17) is 4.74 Å². The number of unbranched alkanes of at least 4 members (excludes halogenated alkanes) is 11. The third-order valence-electron chi connectivity index (χ3n) is 5.07. The van der Waals surface area contributed by atoms with Crippen molar-refractivity contribution in [1.82, 2.24) is 0 Å². The van der Waals surface area contributed by atoms with Crippen LogP contribution in [0.25, 0.3) is 0 Å². The summed E-state index contributed by atoms with van der Waals surface area (Å²) in [6.07, 6.45) is 22.1. The van der Waals surface area contributed by atoms with Crippen molar-refractivity contribution in [2.45, 2.75) is 96.8 Å². The molecule has 3 heteroatoms. The normalized spacial score (nSPS) is 11.3. The van der Waals surface area contributed by atoms with Crippen LogP contribution in [-0.2, 0) is 6.42 Å². The molecule has 1 aromatic rings. The molecular weight excluding hydrogens is 336 g/mol. The summed E-state index contributed by atoms with van der Waals surface area (Å²) >= 11 is 0. The van der Waals surface area contributed by atoms with Gasteiger partial charge in [-0.3, -0.25) is 0 Å². The first-order valence-corrected chi connectivity index (χ1v) is 10.9. The van der Waals surface area contributed by atoms with Gasteiger partial charge < -0.3 is 14.9 Å². The molecular formula is C24H40O3. The van der Waals surface area contributed by atoms with Crippen LogP contribution in [0, 0.1) is 0 Å². The van der Waals surface area contributed by atoms with Crippen LogP contribution in [0.1, 0.15) is 96.0 Å². The van der Waals surface area contributed by atoms with Crippen LogP contribution >= 0.6 is 0 Å². The van der Waals surface area contributed by atoms with Gasteiger partial charge >= 0.3 is 0 Å². The molecule has 0 fully saturated rings. The van der Waals surface area contributed by atoms with Crippen LogP contribution in [0.3, 0.4) is 0 Å². The largest absolute Gasteiger partial charge is 0.508 e. The van der Waals surface area contributed by atoms with E-state index < -0.39 is 0 Å². The van der Waals surface area contributed by atoms with Crippen LogP contribution < -0.4 is 4.74 Å². The Hall–Kier alpha value is -1.64. The minimum absolute atomic E-state index is 0.148. The zero-order valence-electron chi connectivity index (χ0n) is 17.5. The summed E-state index contributed by atoms with van der Waals surface area (Å²) in [7, 11) is 1.50. The Balaban J connectivity index is 1.98. The van der Waals surface area contributed by atoms with Gasteiger partial charge in [-0.1, -0.05) is 70.4 Å². The van der Waals surface area contributed by atoms with E-state index in [0.717, 1.165) is 24.8 Å². The van der Waals surface area contributed by atoms with Crippen molar-refractivity contribution in [1.29, 1.82) is 0 Å². The van der Waals surface area contributed by atoms with E-state index in [1.165, 1.54) is 83.8 Å². The molecule has 154 valence electrons. The fourth-order valence-electron chi connectivity index (χ4n) is 3.38. The van der Waals surface area contributed by atoms with Crippen molar-refractivity contribution < 1.29 is 14.9 Å². The smallest absolute Gasteiger partial charge is 0.164 e. The number of phenolic OH excluding ortho intramolecular Hbond substituents is 2. The number of allylic oxidation sites excluding steroid dienone is 2. The lowest BCUT2D eigenvalue weighted by Gasteiger charge is -2.10. The second-order valence-corrected chi connectivity index (χ2v) is 7.49. The fourth-order valence-corrected chi connectivity index (χ4v) is 3.38. The summed E-state index contributed by atoms with van der Waals surface area (Å²) in [5, 5.41) is 19.8. The van der Waals surface area contributed by atoms with Crippen LogP contribution in [0.5, 0.6) is 17.2 Å². The Kier molecular flexibility index (Phi) is 13.4. The number of rotatable bonds is 16. The Bertz CT molecular complexity index is 523. The molecule has 1 aromatic carbocycles. The van der Waals surface area contributed by atoms with E-state index in [0.29, 0.717) is 5.75 Å². The highest BCUT2D eigenvalue weighted by molar-refractivity contribution is 5.50. The van der Waals surface area contributed by atoms with Crippen molar-refractivity contribution in [3.8, 4) is 17.2 Å². The molecule has 0 aliphatic carbocycles. The molecule has 0 aliphatic rings. The Morgan fingerprint density at radius 2 is 1.33 bits per heavy atom. The summed E-state index contributed by atoms with van der Waals surface area (Å²) in [6.45, 7) is 2.26. The monoisotopic (exact) mass is 376 g/mol. The molecule has 0 aliphatic heterocycles. The second-order valence-electron chi connectivity index (χ2n) is 7.49. The Morgan fingerprint density at radius 3 is 1.93 bits per heavy atom. The molecule has 0 bridgehead atoms. The molecule has 0 spiro atoms. The fraction of sp³-hybridized carbons (Fsp3) is 0.667. The maximum Gasteiger partial charge on any atom is 0.164 e. The molecule has 27 heavy (non-hydrogen) atoms. The Labute approximate surface area is 166 Å². The minimum Gasteiger partial charge on any atom is -0.508 e. The van der Waals surface area contributed by atoms with Crippen molar-refractivity contribution in [3.63, 3.8) is 0 Å². The molecule has 2 N–H and O–H groups in total. The van der Waals surface area contributed by atoms with Gasteiger partial charge in [0.1, 0.15) is 5.75 Å². The molecule has 0 radical (unpaired) electrons. The standard InChI is InChI=1S/C24H40O3/c1-3-4-5-6-7-8-9-10-11-12-13-14-15-16-17-18-21-19-22(25)20-23(27-2)24(21)26/h8-9,19-20,25-26H,3-7,10-18H2,1-2H3/b9-8-. The van der Waals surface area contributed by atoms with Crippen molar-refractivity contribution in [3.05, 3.63) is 29.8 Å². The highest BCUT2D eigenvalue weighted by atomic mass is 16.5. The number of aromatic hydroxyl groups is 2. The molecule has 0 atom stereocenters. The van der Waals surface area contributed by atoms with E-state index in [2.05, 4.69) is 19.1 Å². The molecule has 0 saturated carbocycles. The van der Waals surface area contributed by atoms with E-state index >= 15 is 0 Å². The molecule has 3 nitrogen and oxygen atoms in total. The summed E-state index contributed by atoms with van der Waals surface area (Å²) in [5.74, 6) is 0.656. The van der Waals surface area contributed by atoms with E-state index in [1.807, 2.05) is 0 Å². The van der Waals surface area contributed by atoms with E-state index in [1.54, 1.807) is 6.07 Å². The SMILES string of the molecule is CCCCCC/C=C\CCCCCCCCCc1cc(O)cc(OC)c1O. The average molecular weight is 377 g/mol. The first-order chi connectivity index (χ1) is 13.2. The highest BCUT2D eigenvalue weighted by Gasteiger charge is 2.09. The zero-order valence-corrected chi connectivity index (χ0v) is 17.5. The van der Waals surface area contributed by atoms with Crippen molar-refractivity contribution in [2.24, 2.45) is 0 Å². The number of benzene rings is 1. The van der Waals surface area contributed by atoms with Gasteiger partial charge in [0.05, 0.1) is 7.11 Å². The van der Waals surface area contributed by atoms with Gasteiger partial charge in [-0.15, -0.1) is 0 Å². The van der Waals surface area contributed by atoms with Gasteiger partial charge in [0.25, 0.3) is 0 Å². The lowest BCUT2D eigenvalue weighted by atomic mass is 10.0. The van der Waals surface area contributed by atoms with E-state index in [9.17, 15) is 10.2 Å². The first-order valence-electron chi connectivity index (χ1n) is 10.9. The molecule has 1 rings (SSSR count). The molecule has 0 saturated heterocycles. The lowest BCUT2D eigenvalue weighted by molar-refractivity contribution is 0.365. The topological polar surface area (TPSA) is 49.7 Å². The highest BCUT2D eigenvalue weighted by Crippen LogP contribution is 2.35. The number of hydrogen-bond acceptors (Lipinski definition) is 3. The quantitative estimate of drug-likeness (QED) is 0.181. The van der Waals surface area contributed by atoms with Crippen molar-refractivity contribution in [2.75, 3.05) is 7.11 Å². The number of aryl methyl sites for hydroxylation is 1. The maximum absolute atomic E-state index is 10.1. The van der Waals surface area contributed by atoms with Crippen LogP contribution in [0.4, 0.5) is 0 Å². The molecule has 0 heterocycles. The van der Waals surface area contributed by atoms with Crippen LogP contribution in [-0.4, -0.2) is 17.3 Å². The summed E-state index contributed by atoms with van der Waals surface area (Å²) in [6, 6.07) is 3.08. The van der Waals surface area contributed by atoms with Crippen molar-refractivity contribution >= 4 is 0 Å². The van der Waals surface area contributed by atoms with Crippen LogP contribution in [0.15, 0.2) is 24.3 Å². The minimum atomic E-state index is 0.148. The van der Waals surface area contributed by atoms with Gasteiger partial charge in [0.2, 0.25) is 0 Å². The third-order valence-corrected chi connectivity index (χ3v) is 5.07. The van der Waals surface area contributed by atoms with Gasteiger partial charge in [0, 0.05) is 11.6 Å². The zero-order chi connectivity index (χ0) is 19.7. The molecule has 0 amide bonds. The van der Waals surface area contributed by atoms with Gasteiger partial charge in [-0.25, -0.2) is 0 Å². The number of hydrogen-bond donors (Lipinski definition) is 2. The molecule has 0 unspecified atom stereocenters. The van der Waals surface area contributed by atoms with Gasteiger partial charge in [0.15, 0.2) is 11.5 Å². The number of ether oxygens (including phenoxy) is 1. The summed E-state index contributed by atoms with van der Waals surface area (Å²) in [5.41, 5.74) is 0.772. The Morgan fingerprint density at radius 1 is 0.778 bits per heavy atom. The second kappa shape index (κ2) is 15.4. The average Bonchev–Trinajstić information content (AvgIpc) is 2.67. The first kappa shape index (κ1) is 23.4. The summed E-state index contributed by atoms with van der Waals surface area (Å²) < 4.78 is 5.08. The van der Waals surface area contributed by atoms with Gasteiger partial charge in [-0.05, 0) is 44.6 Å². The number of methoxy groups -OCH3 is 1. The predicted molar refractivity (Wildman–Crippen MR) is 115 cm³/mol.